The lowest BCUT2D eigenvalue weighted by Gasteiger charge is -2.18. The fourth-order valence-electron chi connectivity index (χ4n) is 3.34. The van der Waals surface area contributed by atoms with Gasteiger partial charge in [-0.25, -0.2) is 0 Å². The maximum absolute atomic E-state index is 12.7. The third-order valence-corrected chi connectivity index (χ3v) is 4.40. The van der Waals surface area contributed by atoms with Gasteiger partial charge in [-0.05, 0) is 30.2 Å². The quantitative estimate of drug-likeness (QED) is 0.764. The van der Waals surface area contributed by atoms with Crippen LogP contribution in [-0.2, 0) is 6.42 Å². The van der Waals surface area contributed by atoms with Gasteiger partial charge in [0.05, 0.1) is 17.7 Å². The van der Waals surface area contributed by atoms with Gasteiger partial charge >= 0.3 is 0 Å². The van der Waals surface area contributed by atoms with E-state index >= 15 is 0 Å². The number of amides is 1. The number of nitrogens with one attached hydrogen (secondary N) is 1. The molecule has 1 aromatic heterocycles. The van der Waals surface area contributed by atoms with Gasteiger partial charge in [0, 0.05) is 11.8 Å². The fourth-order valence-corrected chi connectivity index (χ4v) is 3.34. The summed E-state index contributed by atoms with van der Waals surface area (Å²) in [7, 11) is 0. The molecule has 0 fully saturated rings. The molecule has 3 aromatic rings. The van der Waals surface area contributed by atoms with Crippen LogP contribution in [0.5, 0.6) is 0 Å². The van der Waals surface area contributed by atoms with Crippen molar-refractivity contribution in [1.82, 2.24) is 5.32 Å². The first-order chi connectivity index (χ1) is 11.1. The average Bonchev–Trinajstić information content (AvgIpc) is 3.06. The van der Waals surface area contributed by atoms with Crippen molar-refractivity contribution in [3.63, 3.8) is 0 Å². The number of carbonyl (C=O) groups is 1. The molecule has 0 saturated heterocycles. The maximum Gasteiger partial charge on any atom is 0.255 e. The highest BCUT2D eigenvalue weighted by Gasteiger charge is 2.32. The van der Waals surface area contributed by atoms with Crippen molar-refractivity contribution in [3.05, 3.63) is 71.0 Å². The molecular formula is C19H17NO3. The zero-order valence-electron chi connectivity index (χ0n) is 12.7. The Bertz CT molecular complexity index is 897. The van der Waals surface area contributed by atoms with Gasteiger partial charge in [-0.1, -0.05) is 36.4 Å². The SMILES string of the molecule is Cc1cc2cccc(C(=O)N[C@@H]3c4ccccc4C[C@H]3O)c2o1. The van der Waals surface area contributed by atoms with Crippen molar-refractivity contribution in [1.29, 1.82) is 0 Å². The number of para-hydroxylation sites is 1. The molecule has 1 aliphatic rings. The number of aliphatic hydroxyl groups excluding tert-OH is 1. The lowest BCUT2D eigenvalue weighted by atomic mass is 10.1. The van der Waals surface area contributed by atoms with Crippen LogP contribution in [0, 0.1) is 6.92 Å². The summed E-state index contributed by atoms with van der Waals surface area (Å²) in [5.41, 5.74) is 3.14. The Morgan fingerprint density at radius 3 is 2.91 bits per heavy atom. The molecule has 1 aliphatic carbocycles. The Balaban J connectivity index is 1.68. The topological polar surface area (TPSA) is 62.5 Å². The third kappa shape index (κ3) is 2.32. The molecule has 2 aromatic carbocycles. The second kappa shape index (κ2) is 5.25. The molecule has 0 bridgehead atoms. The molecule has 4 nitrogen and oxygen atoms in total. The molecule has 4 rings (SSSR count). The van der Waals surface area contributed by atoms with Crippen LogP contribution in [0.3, 0.4) is 0 Å². The lowest BCUT2D eigenvalue weighted by molar-refractivity contribution is 0.0859. The van der Waals surface area contributed by atoms with Crippen LogP contribution in [0.1, 0.15) is 33.3 Å². The standard InChI is InChI=1S/C19H17NO3/c1-11-9-13-6-4-8-15(18(13)23-11)19(22)20-17-14-7-3-2-5-12(14)10-16(17)21/h2-9,16-17,21H,10H2,1H3,(H,20,22)/t16-,17-/m1/s1. The van der Waals surface area contributed by atoms with Crippen LogP contribution >= 0.6 is 0 Å². The predicted molar refractivity (Wildman–Crippen MR) is 87.3 cm³/mol. The summed E-state index contributed by atoms with van der Waals surface area (Å²) >= 11 is 0. The van der Waals surface area contributed by atoms with E-state index in [1.54, 1.807) is 6.07 Å². The zero-order valence-corrected chi connectivity index (χ0v) is 12.7. The third-order valence-electron chi connectivity index (χ3n) is 4.40. The maximum atomic E-state index is 12.7. The summed E-state index contributed by atoms with van der Waals surface area (Å²) in [4.78, 5) is 12.7. The van der Waals surface area contributed by atoms with Gasteiger partial charge in [-0.2, -0.15) is 0 Å². The Kier molecular flexibility index (Phi) is 3.20. The number of rotatable bonds is 2. The van der Waals surface area contributed by atoms with Gasteiger partial charge < -0.3 is 14.8 Å². The highest BCUT2D eigenvalue weighted by Crippen LogP contribution is 2.32. The molecule has 1 amide bonds. The lowest BCUT2D eigenvalue weighted by Crippen LogP contribution is -2.33. The predicted octanol–water partition coefficient (Wildman–Crippen LogP) is 3.13. The van der Waals surface area contributed by atoms with Crippen LogP contribution in [-0.4, -0.2) is 17.1 Å². The average molecular weight is 307 g/mol. The van der Waals surface area contributed by atoms with E-state index in [9.17, 15) is 9.90 Å². The smallest absolute Gasteiger partial charge is 0.255 e. The second-order valence-electron chi connectivity index (χ2n) is 6.00. The Morgan fingerprint density at radius 2 is 2.04 bits per heavy atom. The molecule has 4 heteroatoms. The highest BCUT2D eigenvalue weighted by atomic mass is 16.3. The van der Waals surface area contributed by atoms with E-state index in [0.29, 0.717) is 17.6 Å². The zero-order chi connectivity index (χ0) is 16.0. The van der Waals surface area contributed by atoms with Gasteiger partial charge in [0.25, 0.3) is 5.91 Å². The van der Waals surface area contributed by atoms with Crippen molar-refractivity contribution >= 4 is 16.9 Å². The minimum Gasteiger partial charge on any atom is -0.461 e. The number of fused-ring (bicyclic) bond motifs is 2. The molecule has 116 valence electrons. The largest absolute Gasteiger partial charge is 0.461 e. The minimum atomic E-state index is -0.603. The van der Waals surface area contributed by atoms with Crippen LogP contribution in [0.2, 0.25) is 0 Å². The van der Waals surface area contributed by atoms with Gasteiger partial charge in [0.1, 0.15) is 11.3 Å². The Labute approximate surface area is 133 Å². The van der Waals surface area contributed by atoms with Crippen LogP contribution < -0.4 is 5.32 Å². The second-order valence-corrected chi connectivity index (χ2v) is 6.00. The first-order valence-electron chi connectivity index (χ1n) is 7.69. The van der Waals surface area contributed by atoms with E-state index < -0.39 is 6.10 Å². The number of furan rings is 1. The number of hydrogen-bond donors (Lipinski definition) is 2. The van der Waals surface area contributed by atoms with Crippen molar-refractivity contribution in [2.24, 2.45) is 0 Å². The van der Waals surface area contributed by atoms with Gasteiger partial charge in [-0.3, -0.25) is 4.79 Å². The fraction of sp³-hybridized carbons (Fsp3) is 0.211. The Morgan fingerprint density at radius 1 is 1.22 bits per heavy atom. The number of hydrogen-bond acceptors (Lipinski definition) is 3. The van der Waals surface area contributed by atoms with Gasteiger partial charge in [0.15, 0.2) is 0 Å². The molecular weight excluding hydrogens is 290 g/mol. The van der Waals surface area contributed by atoms with E-state index in [4.69, 9.17) is 4.42 Å². The minimum absolute atomic E-state index is 0.231. The molecule has 0 saturated carbocycles. The summed E-state index contributed by atoms with van der Waals surface area (Å²) in [6, 6.07) is 14.8. The van der Waals surface area contributed by atoms with Crippen LogP contribution in [0.25, 0.3) is 11.0 Å². The summed E-state index contributed by atoms with van der Waals surface area (Å²) in [6.07, 6.45) is -0.0422. The molecule has 23 heavy (non-hydrogen) atoms. The summed E-state index contributed by atoms with van der Waals surface area (Å²) in [5, 5.41) is 14.1. The van der Waals surface area contributed by atoms with Crippen LogP contribution in [0.15, 0.2) is 52.9 Å². The Hall–Kier alpha value is -2.59. The first kappa shape index (κ1) is 14.0. The van der Waals surface area contributed by atoms with E-state index in [0.717, 1.165) is 22.3 Å². The molecule has 0 radical (unpaired) electrons. The molecule has 0 aliphatic heterocycles. The molecule has 0 spiro atoms. The van der Waals surface area contributed by atoms with E-state index in [2.05, 4.69) is 5.32 Å². The van der Waals surface area contributed by atoms with Crippen molar-refractivity contribution in [2.45, 2.75) is 25.5 Å². The van der Waals surface area contributed by atoms with Gasteiger partial charge in [-0.15, -0.1) is 0 Å². The van der Waals surface area contributed by atoms with Crippen molar-refractivity contribution in [3.8, 4) is 0 Å². The van der Waals surface area contributed by atoms with E-state index in [1.807, 2.05) is 49.4 Å². The molecule has 1 heterocycles. The molecule has 0 unspecified atom stereocenters. The first-order valence-corrected chi connectivity index (χ1v) is 7.69. The van der Waals surface area contributed by atoms with Gasteiger partial charge in [0.2, 0.25) is 0 Å². The van der Waals surface area contributed by atoms with Crippen LogP contribution in [0.4, 0.5) is 0 Å². The summed E-state index contributed by atoms with van der Waals surface area (Å²) in [6.45, 7) is 1.86. The summed E-state index contributed by atoms with van der Waals surface area (Å²) < 4.78 is 5.66. The number of carbonyl (C=O) groups excluding carboxylic acids is 1. The molecule has 2 N–H and O–H groups in total. The monoisotopic (exact) mass is 307 g/mol. The van der Waals surface area contributed by atoms with E-state index in [-0.39, 0.29) is 11.9 Å². The summed E-state index contributed by atoms with van der Waals surface area (Å²) in [5.74, 6) is 0.539. The van der Waals surface area contributed by atoms with Crippen molar-refractivity contribution in [2.75, 3.05) is 0 Å². The van der Waals surface area contributed by atoms with Crippen molar-refractivity contribution < 1.29 is 14.3 Å². The normalized spacial score (nSPS) is 19.7. The highest BCUT2D eigenvalue weighted by molar-refractivity contribution is 6.05. The van der Waals surface area contributed by atoms with E-state index in [1.165, 1.54) is 0 Å². The molecule has 2 atom stereocenters. The number of benzene rings is 2. The number of aryl methyl sites for hydroxylation is 1. The number of aliphatic hydroxyl groups is 1.